The van der Waals surface area contributed by atoms with E-state index < -0.39 is 0 Å². The zero-order chi connectivity index (χ0) is 9.38. The summed E-state index contributed by atoms with van der Waals surface area (Å²) in [7, 11) is -0.154. The number of hydrogen-bond donors (Lipinski definition) is 1. The van der Waals surface area contributed by atoms with Gasteiger partial charge < -0.3 is 0 Å². The van der Waals surface area contributed by atoms with Gasteiger partial charge in [-0.25, -0.2) is 0 Å². The molecule has 1 aromatic heterocycles. The Labute approximate surface area is 89.9 Å². The fourth-order valence-corrected chi connectivity index (χ4v) is 4.67. The van der Waals surface area contributed by atoms with E-state index in [9.17, 15) is 0 Å². The average molecular weight is 218 g/mol. The van der Waals surface area contributed by atoms with Crippen LogP contribution in [0.5, 0.6) is 0 Å². The van der Waals surface area contributed by atoms with Crippen LogP contribution < -0.4 is 0 Å². The van der Waals surface area contributed by atoms with Gasteiger partial charge in [0.1, 0.15) is 0 Å². The van der Waals surface area contributed by atoms with Crippen molar-refractivity contribution in [1.29, 1.82) is 0 Å². The molecule has 70 valence electrons. The van der Waals surface area contributed by atoms with Gasteiger partial charge in [0.15, 0.2) is 0 Å². The largest absolute Gasteiger partial charge is 0.185 e. The number of rotatable bonds is 1. The van der Waals surface area contributed by atoms with Crippen LogP contribution in [0.1, 0.15) is 0 Å². The van der Waals surface area contributed by atoms with Crippen LogP contribution in [0.15, 0.2) is 57.5 Å². The Morgan fingerprint density at radius 1 is 1.00 bits per heavy atom. The Hall–Kier alpha value is -0.990. The lowest BCUT2D eigenvalue weighted by atomic mass is 10.3. The third-order valence-electron chi connectivity index (χ3n) is 2.34. The standard InChI is InChI=1S/C12H10S2/c1-2-6-11-10(5-1)12(9-13-11)14-7-3-4-8-14/h1-9,14H. The summed E-state index contributed by atoms with van der Waals surface area (Å²) < 4.78 is 1.40. The number of hydrogen-bond acceptors (Lipinski definition) is 1. The first kappa shape index (κ1) is 8.33. The smallest absolute Gasteiger partial charge is 0.0353 e. The number of allylic oxidation sites excluding steroid dienone is 2. The molecule has 0 amide bonds. The van der Waals surface area contributed by atoms with E-state index >= 15 is 0 Å². The molecule has 0 bridgehead atoms. The summed E-state index contributed by atoms with van der Waals surface area (Å²) in [5.41, 5.74) is 0. The second kappa shape index (κ2) is 3.30. The third-order valence-corrected chi connectivity index (χ3v) is 5.39. The highest BCUT2D eigenvalue weighted by molar-refractivity contribution is 8.22. The van der Waals surface area contributed by atoms with Gasteiger partial charge in [0.25, 0.3) is 0 Å². The van der Waals surface area contributed by atoms with Gasteiger partial charge in [-0.05, 0) is 16.9 Å². The molecule has 2 heteroatoms. The van der Waals surface area contributed by atoms with E-state index in [2.05, 4.69) is 52.6 Å². The molecule has 0 saturated heterocycles. The van der Waals surface area contributed by atoms with E-state index in [1.807, 2.05) is 11.3 Å². The van der Waals surface area contributed by atoms with Crippen molar-refractivity contribution in [2.75, 3.05) is 0 Å². The quantitative estimate of drug-likeness (QED) is 0.678. The first-order valence-corrected chi connectivity index (χ1v) is 6.91. The second-order valence-electron chi connectivity index (χ2n) is 3.21. The lowest BCUT2D eigenvalue weighted by Gasteiger charge is -2.07. The Bertz CT molecular complexity index is 508. The molecule has 0 atom stereocenters. The molecule has 0 N–H and O–H groups in total. The predicted octanol–water partition coefficient (Wildman–Crippen LogP) is 4.30. The molecule has 0 spiro atoms. The van der Waals surface area contributed by atoms with E-state index in [0.29, 0.717) is 0 Å². The molecule has 0 unspecified atom stereocenters. The van der Waals surface area contributed by atoms with Crippen LogP contribution in [0.25, 0.3) is 10.1 Å². The van der Waals surface area contributed by atoms with Crippen molar-refractivity contribution in [2.24, 2.45) is 0 Å². The summed E-state index contributed by atoms with van der Waals surface area (Å²) in [5, 5.41) is 8.35. The van der Waals surface area contributed by atoms with Crippen LogP contribution >= 0.6 is 22.2 Å². The van der Waals surface area contributed by atoms with Gasteiger partial charge in [-0.3, -0.25) is 0 Å². The lowest BCUT2D eigenvalue weighted by molar-refractivity contribution is 1.66. The zero-order valence-corrected chi connectivity index (χ0v) is 9.26. The summed E-state index contributed by atoms with van der Waals surface area (Å²) in [5.74, 6) is 0. The van der Waals surface area contributed by atoms with Crippen molar-refractivity contribution in [2.45, 2.75) is 4.90 Å². The molecule has 0 radical (unpaired) electrons. The number of benzene rings is 1. The molecule has 2 heterocycles. The number of fused-ring (bicyclic) bond motifs is 1. The zero-order valence-electron chi connectivity index (χ0n) is 7.55. The molecule has 1 aromatic carbocycles. The summed E-state index contributed by atoms with van der Waals surface area (Å²) in [6, 6.07) is 8.65. The Morgan fingerprint density at radius 3 is 2.64 bits per heavy atom. The van der Waals surface area contributed by atoms with Gasteiger partial charge in [0.05, 0.1) is 0 Å². The monoisotopic (exact) mass is 218 g/mol. The summed E-state index contributed by atoms with van der Waals surface area (Å²) in [6.07, 6.45) is 4.30. The van der Waals surface area contributed by atoms with E-state index in [4.69, 9.17) is 0 Å². The van der Waals surface area contributed by atoms with Crippen LogP contribution in [0.2, 0.25) is 0 Å². The molecule has 14 heavy (non-hydrogen) atoms. The minimum Gasteiger partial charge on any atom is -0.185 e. The number of thiophene rings is 1. The lowest BCUT2D eigenvalue weighted by Crippen LogP contribution is -1.70. The topological polar surface area (TPSA) is 0 Å². The highest BCUT2D eigenvalue weighted by Crippen LogP contribution is 2.47. The molecule has 0 aliphatic carbocycles. The van der Waals surface area contributed by atoms with E-state index in [0.717, 1.165) is 0 Å². The first-order chi connectivity index (χ1) is 6.95. The van der Waals surface area contributed by atoms with Crippen molar-refractivity contribution in [1.82, 2.24) is 0 Å². The van der Waals surface area contributed by atoms with Crippen molar-refractivity contribution >= 4 is 32.3 Å². The van der Waals surface area contributed by atoms with Gasteiger partial charge in [0, 0.05) is 20.4 Å². The summed E-state index contributed by atoms with van der Waals surface area (Å²) >= 11 is 1.85. The Morgan fingerprint density at radius 2 is 1.79 bits per heavy atom. The molecule has 0 saturated carbocycles. The maximum absolute atomic E-state index is 2.31. The number of thiol groups is 1. The molecule has 0 fully saturated rings. The SMILES string of the molecule is C1=C[SH](c2csc3ccccc23)C=C1. The first-order valence-electron chi connectivity index (χ1n) is 4.55. The molecular weight excluding hydrogens is 208 g/mol. The minimum absolute atomic E-state index is 0.154. The van der Waals surface area contributed by atoms with Crippen LogP contribution in [-0.2, 0) is 0 Å². The molecule has 2 aromatic rings. The normalized spacial score (nSPS) is 17.0. The third kappa shape index (κ3) is 1.22. The fourth-order valence-electron chi connectivity index (χ4n) is 1.66. The van der Waals surface area contributed by atoms with E-state index in [1.54, 1.807) is 0 Å². The van der Waals surface area contributed by atoms with Gasteiger partial charge in [-0.2, -0.15) is 10.9 Å². The molecular formula is C12H10S2. The summed E-state index contributed by atoms with van der Waals surface area (Å²) in [6.45, 7) is 0. The Balaban J connectivity index is 2.21. The highest BCUT2D eigenvalue weighted by Gasteiger charge is 2.08. The maximum atomic E-state index is 2.31. The van der Waals surface area contributed by atoms with Gasteiger partial charge in [-0.15, -0.1) is 11.3 Å². The van der Waals surface area contributed by atoms with Crippen molar-refractivity contribution < 1.29 is 0 Å². The van der Waals surface area contributed by atoms with Crippen LogP contribution in [0.3, 0.4) is 0 Å². The predicted molar refractivity (Wildman–Crippen MR) is 67.4 cm³/mol. The van der Waals surface area contributed by atoms with Crippen LogP contribution in [-0.4, -0.2) is 0 Å². The highest BCUT2D eigenvalue weighted by atomic mass is 32.2. The maximum Gasteiger partial charge on any atom is 0.0353 e. The second-order valence-corrected chi connectivity index (χ2v) is 6.01. The van der Waals surface area contributed by atoms with Gasteiger partial charge in [-0.1, -0.05) is 30.4 Å². The average Bonchev–Trinajstić information content (AvgIpc) is 2.85. The van der Waals surface area contributed by atoms with Gasteiger partial charge >= 0.3 is 0 Å². The van der Waals surface area contributed by atoms with Crippen LogP contribution in [0, 0.1) is 0 Å². The summed E-state index contributed by atoms with van der Waals surface area (Å²) in [4.78, 5) is 1.51. The van der Waals surface area contributed by atoms with E-state index in [1.165, 1.54) is 15.0 Å². The molecule has 1 aliphatic heterocycles. The minimum atomic E-state index is -0.154. The Kier molecular flexibility index (Phi) is 1.96. The molecule has 0 nitrogen and oxygen atoms in total. The molecule has 1 aliphatic rings. The van der Waals surface area contributed by atoms with Crippen molar-refractivity contribution in [3.8, 4) is 0 Å². The van der Waals surface area contributed by atoms with Crippen molar-refractivity contribution in [3.63, 3.8) is 0 Å². The van der Waals surface area contributed by atoms with Crippen molar-refractivity contribution in [3.05, 3.63) is 52.6 Å². The molecule has 3 rings (SSSR count). The fraction of sp³-hybridized carbons (Fsp3) is 0. The van der Waals surface area contributed by atoms with Crippen LogP contribution in [0.4, 0.5) is 0 Å². The van der Waals surface area contributed by atoms with E-state index in [-0.39, 0.29) is 10.9 Å². The van der Waals surface area contributed by atoms with Gasteiger partial charge in [0.2, 0.25) is 0 Å².